The van der Waals surface area contributed by atoms with Crippen molar-refractivity contribution in [1.82, 2.24) is 5.32 Å². The van der Waals surface area contributed by atoms with E-state index in [1.807, 2.05) is 42.5 Å². The zero-order chi connectivity index (χ0) is 13.0. The minimum atomic E-state index is -0.554. The van der Waals surface area contributed by atoms with Crippen molar-refractivity contribution in [3.05, 3.63) is 48.0 Å². The molecule has 0 bridgehead atoms. The molecular weight excluding hydrogens is 230 g/mol. The Labute approximate surface area is 105 Å². The molecule has 0 saturated carbocycles. The molecule has 2 N–H and O–H groups in total. The van der Waals surface area contributed by atoms with Gasteiger partial charge in [-0.3, -0.25) is 0 Å². The quantitative estimate of drug-likeness (QED) is 0.871. The summed E-state index contributed by atoms with van der Waals surface area (Å²) in [4.78, 5) is 11.2. The third-order valence-electron chi connectivity index (χ3n) is 2.84. The summed E-state index contributed by atoms with van der Waals surface area (Å²) >= 11 is 0. The number of amides is 1. The standard InChI is InChI=1S/C14H15NO3/c1-18-14(17)15-13(9-16)12-7-6-10-4-2-3-5-11(10)8-12/h2-8,13,16H,9H2,1H3,(H,15,17)/t13-/m0/s1. The number of rotatable bonds is 3. The second-order valence-corrected chi connectivity index (χ2v) is 3.98. The number of hydrogen-bond donors (Lipinski definition) is 2. The first-order valence-electron chi connectivity index (χ1n) is 5.68. The van der Waals surface area contributed by atoms with Gasteiger partial charge < -0.3 is 15.2 Å². The van der Waals surface area contributed by atoms with Crippen LogP contribution in [0.15, 0.2) is 42.5 Å². The van der Waals surface area contributed by atoms with Gasteiger partial charge >= 0.3 is 6.09 Å². The van der Waals surface area contributed by atoms with Gasteiger partial charge in [0.25, 0.3) is 0 Å². The highest BCUT2D eigenvalue weighted by Gasteiger charge is 2.13. The van der Waals surface area contributed by atoms with Gasteiger partial charge in [-0.1, -0.05) is 36.4 Å². The van der Waals surface area contributed by atoms with Gasteiger partial charge in [0.2, 0.25) is 0 Å². The van der Waals surface area contributed by atoms with Crippen molar-refractivity contribution in [2.75, 3.05) is 13.7 Å². The van der Waals surface area contributed by atoms with E-state index < -0.39 is 12.1 Å². The summed E-state index contributed by atoms with van der Waals surface area (Å²) in [6, 6.07) is 13.3. The summed E-state index contributed by atoms with van der Waals surface area (Å²) in [5.74, 6) is 0. The van der Waals surface area contributed by atoms with E-state index in [0.717, 1.165) is 16.3 Å². The van der Waals surface area contributed by atoms with Gasteiger partial charge in [-0.2, -0.15) is 0 Å². The first-order valence-corrected chi connectivity index (χ1v) is 5.68. The fourth-order valence-electron chi connectivity index (χ4n) is 1.86. The van der Waals surface area contributed by atoms with E-state index in [2.05, 4.69) is 10.1 Å². The number of ether oxygens (including phenoxy) is 1. The number of alkyl carbamates (subject to hydrolysis) is 1. The van der Waals surface area contributed by atoms with Crippen molar-refractivity contribution < 1.29 is 14.6 Å². The minimum Gasteiger partial charge on any atom is -0.453 e. The Balaban J connectivity index is 2.30. The van der Waals surface area contributed by atoms with E-state index in [9.17, 15) is 9.90 Å². The molecule has 2 rings (SSSR count). The predicted molar refractivity (Wildman–Crippen MR) is 69.3 cm³/mol. The molecule has 0 radical (unpaired) electrons. The van der Waals surface area contributed by atoms with Crippen LogP contribution in [0.1, 0.15) is 11.6 Å². The lowest BCUT2D eigenvalue weighted by Gasteiger charge is -2.16. The maximum absolute atomic E-state index is 11.2. The van der Waals surface area contributed by atoms with Gasteiger partial charge in [-0.15, -0.1) is 0 Å². The number of carbonyl (C=O) groups excluding carboxylic acids is 1. The molecule has 0 aliphatic carbocycles. The summed E-state index contributed by atoms with van der Waals surface area (Å²) in [7, 11) is 1.30. The van der Waals surface area contributed by atoms with E-state index in [1.54, 1.807) is 0 Å². The van der Waals surface area contributed by atoms with Gasteiger partial charge in [-0.05, 0) is 22.4 Å². The Morgan fingerprint density at radius 2 is 2.00 bits per heavy atom. The molecule has 0 unspecified atom stereocenters. The topological polar surface area (TPSA) is 58.6 Å². The summed E-state index contributed by atoms with van der Waals surface area (Å²) in [6.07, 6.45) is -0.554. The van der Waals surface area contributed by atoms with Crippen molar-refractivity contribution in [2.24, 2.45) is 0 Å². The number of benzene rings is 2. The molecule has 0 fully saturated rings. The van der Waals surface area contributed by atoms with Crippen LogP contribution >= 0.6 is 0 Å². The Kier molecular flexibility index (Phi) is 3.79. The van der Waals surface area contributed by atoms with Crippen molar-refractivity contribution in [3.8, 4) is 0 Å². The Hall–Kier alpha value is -2.07. The van der Waals surface area contributed by atoms with Gasteiger partial charge in [0.05, 0.1) is 19.8 Å². The fraction of sp³-hybridized carbons (Fsp3) is 0.214. The van der Waals surface area contributed by atoms with Gasteiger partial charge in [0.1, 0.15) is 0 Å². The average molecular weight is 245 g/mol. The van der Waals surface area contributed by atoms with E-state index in [1.165, 1.54) is 7.11 Å². The number of aliphatic hydroxyl groups is 1. The lowest BCUT2D eigenvalue weighted by molar-refractivity contribution is 0.157. The number of methoxy groups -OCH3 is 1. The number of carbonyl (C=O) groups is 1. The van der Waals surface area contributed by atoms with E-state index in [0.29, 0.717) is 0 Å². The molecule has 2 aromatic carbocycles. The normalized spacial score (nSPS) is 12.1. The van der Waals surface area contributed by atoms with Crippen LogP contribution in [0.4, 0.5) is 4.79 Å². The van der Waals surface area contributed by atoms with E-state index >= 15 is 0 Å². The number of fused-ring (bicyclic) bond motifs is 1. The monoisotopic (exact) mass is 245 g/mol. The van der Waals surface area contributed by atoms with Gasteiger partial charge in [0, 0.05) is 0 Å². The Morgan fingerprint density at radius 1 is 1.28 bits per heavy atom. The highest BCUT2D eigenvalue weighted by molar-refractivity contribution is 5.83. The van der Waals surface area contributed by atoms with Crippen molar-refractivity contribution >= 4 is 16.9 Å². The zero-order valence-corrected chi connectivity index (χ0v) is 10.1. The molecule has 0 saturated heterocycles. The van der Waals surface area contributed by atoms with Crippen LogP contribution in [0.2, 0.25) is 0 Å². The molecule has 1 amide bonds. The average Bonchev–Trinajstić information content (AvgIpc) is 2.44. The largest absolute Gasteiger partial charge is 0.453 e. The first-order chi connectivity index (χ1) is 8.74. The fourth-order valence-corrected chi connectivity index (χ4v) is 1.86. The van der Waals surface area contributed by atoms with Crippen molar-refractivity contribution in [1.29, 1.82) is 0 Å². The van der Waals surface area contributed by atoms with Crippen LogP contribution in [0.3, 0.4) is 0 Å². The maximum Gasteiger partial charge on any atom is 0.407 e. The second kappa shape index (κ2) is 5.51. The molecule has 1 atom stereocenters. The van der Waals surface area contributed by atoms with Crippen LogP contribution < -0.4 is 5.32 Å². The SMILES string of the molecule is COC(=O)N[C@@H](CO)c1ccc2ccccc2c1. The second-order valence-electron chi connectivity index (χ2n) is 3.98. The van der Waals surface area contributed by atoms with Crippen LogP contribution in [-0.4, -0.2) is 24.9 Å². The Bertz CT molecular complexity index is 553. The summed E-state index contributed by atoms with van der Waals surface area (Å²) in [5.41, 5.74) is 0.849. The predicted octanol–water partition coefficient (Wildman–Crippen LogP) is 2.23. The third kappa shape index (κ3) is 2.60. The highest BCUT2D eigenvalue weighted by atomic mass is 16.5. The molecule has 4 nitrogen and oxygen atoms in total. The number of aliphatic hydroxyl groups excluding tert-OH is 1. The summed E-state index contributed by atoms with van der Waals surface area (Å²) in [5, 5.41) is 14.1. The molecule has 18 heavy (non-hydrogen) atoms. The number of nitrogens with one attached hydrogen (secondary N) is 1. The van der Waals surface area contributed by atoms with Crippen LogP contribution in [0.5, 0.6) is 0 Å². The van der Waals surface area contributed by atoms with E-state index in [4.69, 9.17) is 0 Å². The zero-order valence-electron chi connectivity index (χ0n) is 10.1. The highest BCUT2D eigenvalue weighted by Crippen LogP contribution is 2.20. The van der Waals surface area contributed by atoms with Crippen LogP contribution in [-0.2, 0) is 4.74 Å². The lowest BCUT2D eigenvalue weighted by atomic mass is 10.0. The van der Waals surface area contributed by atoms with Crippen molar-refractivity contribution in [3.63, 3.8) is 0 Å². The smallest absolute Gasteiger partial charge is 0.407 e. The molecule has 0 aliphatic rings. The van der Waals surface area contributed by atoms with Crippen LogP contribution in [0.25, 0.3) is 10.8 Å². The van der Waals surface area contributed by atoms with Crippen LogP contribution in [0, 0.1) is 0 Å². The maximum atomic E-state index is 11.2. The van der Waals surface area contributed by atoms with Gasteiger partial charge in [0.15, 0.2) is 0 Å². The summed E-state index contributed by atoms with van der Waals surface area (Å²) in [6.45, 7) is -0.173. The molecule has 2 aromatic rings. The van der Waals surface area contributed by atoms with Crippen molar-refractivity contribution in [2.45, 2.75) is 6.04 Å². The minimum absolute atomic E-state index is 0.173. The molecule has 4 heteroatoms. The summed E-state index contributed by atoms with van der Waals surface area (Å²) < 4.78 is 4.53. The molecule has 0 heterocycles. The number of hydrogen-bond acceptors (Lipinski definition) is 3. The molecular formula is C14H15NO3. The Morgan fingerprint density at radius 3 is 2.67 bits per heavy atom. The first kappa shape index (κ1) is 12.4. The van der Waals surface area contributed by atoms with Gasteiger partial charge in [-0.25, -0.2) is 4.79 Å². The molecule has 0 aromatic heterocycles. The lowest BCUT2D eigenvalue weighted by Crippen LogP contribution is -2.30. The molecule has 0 spiro atoms. The van der Waals surface area contributed by atoms with E-state index in [-0.39, 0.29) is 6.61 Å². The third-order valence-corrected chi connectivity index (χ3v) is 2.84. The molecule has 94 valence electrons. The molecule has 0 aliphatic heterocycles.